The van der Waals surface area contributed by atoms with E-state index in [1.807, 2.05) is 0 Å². The van der Waals surface area contributed by atoms with Crippen molar-refractivity contribution in [2.75, 3.05) is 50.0 Å². The van der Waals surface area contributed by atoms with Crippen molar-refractivity contribution in [1.82, 2.24) is 39.9 Å². The minimum Gasteiger partial charge on any atom is -0.378 e. The third-order valence-electron chi connectivity index (χ3n) is 6.65. The summed E-state index contributed by atoms with van der Waals surface area (Å²) in [6.45, 7) is 7.62. The zero-order valence-electron chi connectivity index (χ0n) is 19.7. The lowest BCUT2D eigenvalue weighted by Gasteiger charge is -2.30. The topological polar surface area (TPSA) is 160 Å². The summed E-state index contributed by atoms with van der Waals surface area (Å²) in [5.41, 5.74) is 9.66. The van der Waals surface area contributed by atoms with Crippen molar-refractivity contribution in [3.05, 3.63) is 18.2 Å². The number of likely N-dealkylation sites (tertiary alicyclic amines) is 1. The number of amides is 1. The molecule has 5 rings (SSSR count). The van der Waals surface area contributed by atoms with Crippen molar-refractivity contribution in [2.45, 2.75) is 32.9 Å². The molecule has 2 aliphatic heterocycles. The standard InChI is InChI=1S/C22H30N10O3/c1-2-32-16(13-30-5-3-14(4-6-30)21(33)29-34)26-17-19(31-7-9-35-10-8-31)27-18(28-20(17)32)15-11-24-22(23)25-12-15/h11-12,14,34H,2-10,13H2,1H3,(H,29,33)(H2,23,24,25). The number of ether oxygens (including phenoxy) is 1. The van der Waals surface area contributed by atoms with Crippen LogP contribution in [0.25, 0.3) is 22.6 Å². The maximum absolute atomic E-state index is 11.8. The SMILES string of the molecule is CCn1c(CN2CCC(C(=O)NO)CC2)nc2c(N3CCOCC3)nc(-c3cnc(N)nc3)nc21. The van der Waals surface area contributed by atoms with E-state index in [9.17, 15) is 4.79 Å². The number of aryl methyl sites for hydroxylation is 1. The molecule has 5 heterocycles. The van der Waals surface area contributed by atoms with Crippen LogP contribution in [-0.4, -0.2) is 84.9 Å². The highest BCUT2D eigenvalue weighted by molar-refractivity contribution is 5.86. The molecule has 35 heavy (non-hydrogen) atoms. The predicted molar refractivity (Wildman–Crippen MR) is 127 cm³/mol. The average Bonchev–Trinajstić information content (AvgIpc) is 3.25. The molecule has 0 radical (unpaired) electrons. The second-order valence-electron chi connectivity index (χ2n) is 8.77. The Balaban J connectivity index is 1.51. The molecule has 1 amide bonds. The predicted octanol–water partition coefficient (Wildman–Crippen LogP) is 0.439. The molecule has 13 nitrogen and oxygen atoms in total. The molecule has 0 saturated carbocycles. The number of hydroxylamine groups is 1. The number of carbonyl (C=O) groups is 1. The zero-order valence-corrected chi connectivity index (χ0v) is 19.7. The molecule has 0 spiro atoms. The monoisotopic (exact) mass is 482 g/mol. The fourth-order valence-electron chi connectivity index (χ4n) is 4.71. The maximum atomic E-state index is 11.8. The lowest BCUT2D eigenvalue weighted by atomic mass is 9.96. The molecule has 2 fully saturated rings. The number of anilines is 2. The molecule has 186 valence electrons. The van der Waals surface area contributed by atoms with Crippen LogP contribution in [0.1, 0.15) is 25.6 Å². The summed E-state index contributed by atoms with van der Waals surface area (Å²) in [4.78, 5) is 39.2. The largest absolute Gasteiger partial charge is 0.378 e. The first-order valence-electron chi connectivity index (χ1n) is 11.9. The van der Waals surface area contributed by atoms with Crippen molar-refractivity contribution < 1.29 is 14.7 Å². The van der Waals surface area contributed by atoms with Gasteiger partial charge in [0, 0.05) is 37.9 Å². The second-order valence-corrected chi connectivity index (χ2v) is 8.77. The quantitative estimate of drug-likeness (QED) is 0.330. The van der Waals surface area contributed by atoms with E-state index in [0.29, 0.717) is 50.5 Å². The van der Waals surface area contributed by atoms with Crippen LogP contribution in [0, 0.1) is 5.92 Å². The molecule has 0 bridgehead atoms. The van der Waals surface area contributed by atoms with Gasteiger partial charge in [0.1, 0.15) is 5.82 Å². The Kier molecular flexibility index (Phi) is 6.70. The number of carbonyl (C=O) groups excluding carboxylic acids is 1. The van der Waals surface area contributed by atoms with E-state index < -0.39 is 0 Å². The minimum absolute atomic E-state index is 0.162. The van der Waals surface area contributed by atoms with Gasteiger partial charge in [-0.2, -0.15) is 0 Å². The van der Waals surface area contributed by atoms with Gasteiger partial charge < -0.3 is 19.9 Å². The van der Waals surface area contributed by atoms with Gasteiger partial charge in [0.25, 0.3) is 0 Å². The molecular weight excluding hydrogens is 452 g/mol. The van der Waals surface area contributed by atoms with E-state index in [2.05, 4.69) is 31.3 Å². The number of imidazole rings is 1. The molecule has 0 aliphatic carbocycles. The number of rotatable bonds is 6. The lowest BCUT2D eigenvalue weighted by Crippen LogP contribution is -2.39. The van der Waals surface area contributed by atoms with E-state index in [1.165, 1.54) is 0 Å². The van der Waals surface area contributed by atoms with Gasteiger partial charge in [-0.3, -0.25) is 14.9 Å². The van der Waals surface area contributed by atoms with Crippen LogP contribution in [0.3, 0.4) is 0 Å². The number of morpholine rings is 1. The number of fused-ring (bicyclic) bond motifs is 1. The van der Waals surface area contributed by atoms with E-state index in [-0.39, 0.29) is 17.8 Å². The smallest absolute Gasteiger partial charge is 0.246 e. The van der Waals surface area contributed by atoms with Crippen LogP contribution < -0.4 is 16.1 Å². The zero-order chi connectivity index (χ0) is 24.4. The average molecular weight is 483 g/mol. The van der Waals surface area contributed by atoms with Crippen LogP contribution in [0.15, 0.2) is 12.4 Å². The Morgan fingerprint density at radius 3 is 2.51 bits per heavy atom. The fourth-order valence-corrected chi connectivity index (χ4v) is 4.71. The summed E-state index contributed by atoms with van der Waals surface area (Å²) in [6.07, 6.45) is 4.65. The molecule has 13 heteroatoms. The summed E-state index contributed by atoms with van der Waals surface area (Å²) in [7, 11) is 0. The number of piperidine rings is 1. The number of hydrogen-bond donors (Lipinski definition) is 3. The maximum Gasteiger partial charge on any atom is 0.246 e. The van der Waals surface area contributed by atoms with E-state index >= 15 is 0 Å². The first-order valence-corrected chi connectivity index (χ1v) is 11.9. The minimum atomic E-state index is -0.310. The van der Waals surface area contributed by atoms with Gasteiger partial charge in [0.15, 0.2) is 22.8 Å². The number of nitrogens with two attached hydrogens (primary N) is 1. The summed E-state index contributed by atoms with van der Waals surface area (Å²) in [5.74, 6) is 1.93. The molecule has 0 unspecified atom stereocenters. The van der Waals surface area contributed by atoms with Gasteiger partial charge in [-0.15, -0.1) is 0 Å². The molecule has 4 N–H and O–H groups in total. The van der Waals surface area contributed by atoms with Crippen molar-refractivity contribution in [3.8, 4) is 11.4 Å². The highest BCUT2D eigenvalue weighted by atomic mass is 16.5. The number of hydrogen-bond acceptors (Lipinski definition) is 11. The summed E-state index contributed by atoms with van der Waals surface area (Å²) < 4.78 is 7.67. The Morgan fingerprint density at radius 2 is 1.86 bits per heavy atom. The molecular formula is C22H30N10O3. The van der Waals surface area contributed by atoms with E-state index in [1.54, 1.807) is 17.9 Å². The van der Waals surface area contributed by atoms with Crippen molar-refractivity contribution in [2.24, 2.45) is 5.92 Å². The number of aromatic nitrogens is 6. The molecule has 3 aromatic rings. The summed E-state index contributed by atoms with van der Waals surface area (Å²) in [6, 6.07) is 0. The molecule has 0 aromatic carbocycles. The Morgan fingerprint density at radius 1 is 1.14 bits per heavy atom. The van der Waals surface area contributed by atoms with Crippen molar-refractivity contribution in [3.63, 3.8) is 0 Å². The molecule has 0 atom stereocenters. The van der Waals surface area contributed by atoms with Crippen molar-refractivity contribution in [1.29, 1.82) is 0 Å². The highest BCUT2D eigenvalue weighted by Crippen LogP contribution is 2.29. The molecule has 3 aromatic heterocycles. The lowest BCUT2D eigenvalue weighted by molar-refractivity contribution is -0.134. The Bertz CT molecular complexity index is 1180. The van der Waals surface area contributed by atoms with Gasteiger partial charge in [0.05, 0.1) is 25.3 Å². The fraction of sp³-hybridized carbons (Fsp3) is 0.545. The van der Waals surface area contributed by atoms with Crippen LogP contribution in [0.5, 0.6) is 0 Å². The van der Waals surface area contributed by atoms with Gasteiger partial charge in [-0.25, -0.2) is 30.4 Å². The first-order chi connectivity index (χ1) is 17.1. The highest BCUT2D eigenvalue weighted by Gasteiger charge is 2.27. The number of nitrogen functional groups attached to an aromatic ring is 1. The van der Waals surface area contributed by atoms with Crippen LogP contribution in [0.4, 0.5) is 11.8 Å². The Labute approximate surface area is 202 Å². The third-order valence-corrected chi connectivity index (χ3v) is 6.65. The number of nitrogens with zero attached hydrogens (tertiary/aromatic N) is 8. The summed E-state index contributed by atoms with van der Waals surface area (Å²) >= 11 is 0. The molecule has 2 aliphatic rings. The van der Waals surface area contributed by atoms with Crippen LogP contribution in [0.2, 0.25) is 0 Å². The summed E-state index contributed by atoms with van der Waals surface area (Å²) in [5, 5.41) is 8.92. The van der Waals surface area contributed by atoms with Gasteiger partial charge in [-0.1, -0.05) is 0 Å². The van der Waals surface area contributed by atoms with E-state index in [0.717, 1.165) is 49.0 Å². The van der Waals surface area contributed by atoms with E-state index in [4.69, 9.17) is 30.6 Å². The molecule has 2 saturated heterocycles. The number of nitrogens with one attached hydrogen (secondary N) is 1. The van der Waals surface area contributed by atoms with Gasteiger partial charge >= 0.3 is 0 Å². The Hall–Kier alpha value is -3.42. The second kappa shape index (κ2) is 10.1. The third kappa shape index (κ3) is 4.74. The first kappa shape index (κ1) is 23.3. The normalized spacial score (nSPS) is 17.7. The van der Waals surface area contributed by atoms with Gasteiger partial charge in [0.2, 0.25) is 11.9 Å². The van der Waals surface area contributed by atoms with Crippen LogP contribution >= 0.6 is 0 Å². The van der Waals surface area contributed by atoms with Crippen molar-refractivity contribution >= 4 is 28.8 Å². The van der Waals surface area contributed by atoms with Crippen LogP contribution in [-0.2, 0) is 22.6 Å². The van der Waals surface area contributed by atoms with Gasteiger partial charge in [-0.05, 0) is 32.9 Å².